The predicted octanol–water partition coefficient (Wildman–Crippen LogP) is 2.76. The minimum atomic E-state index is 0.281. The summed E-state index contributed by atoms with van der Waals surface area (Å²) in [6.45, 7) is 11.4. The summed E-state index contributed by atoms with van der Waals surface area (Å²) >= 11 is 0. The van der Waals surface area contributed by atoms with E-state index in [4.69, 9.17) is 4.74 Å². The summed E-state index contributed by atoms with van der Waals surface area (Å²) < 4.78 is 5.78. The predicted molar refractivity (Wildman–Crippen MR) is 83.2 cm³/mol. The number of anilines is 1. The van der Waals surface area contributed by atoms with Crippen LogP contribution in [-0.4, -0.2) is 36.8 Å². The molecule has 0 aliphatic carbocycles. The second-order valence-corrected chi connectivity index (χ2v) is 5.62. The molecule has 112 valence electrons. The lowest BCUT2D eigenvalue weighted by Crippen LogP contribution is -2.45. The van der Waals surface area contributed by atoms with E-state index >= 15 is 0 Å². The van der Waals surface area contributed by atoms with Crippen LogP contribution in [0.3, 0.4) is 0 Å². The van der Waals surface area contributed by atoms with Crippen molar-refractivity contribution in [1.82, 2.24) is 10.3 Å². The summed E-state index contributed by atoms with van der Waals surface area (Å²) in [5.41, 5.74) is 2.33. The third-order valence-corrected chi connectivity index (χ3v) is 3.77. The SMILES string of the molecule is CCNC(CC)c1ccc(N2CC(C)OC(C)C2)cn1. The van der Waals surface area contributed by atoms with Crippen LogP contribution in [0.15, 0.2) is 18.3 Å². The summed E-state index contributed by atoms with van der Waals surface area (Å²) in [4.78, 5) is 7.01. The highest BCUT2D eigenvalue weighted by Gasteiger charge is 2.22. The highest BCUT2D eigenvalue weighted by atomic mass is 16.5. The molecule has 4 nitrogen and oxygen atoms in total. The van der Waals surface area contributed by atoms with E-state index in [1.54, 1.807) is 0 Å². The molecule has 0 saturated carbocycles. The highest BCUT2D eigenvalue weighted by molar-refractivity contribution is 5.45. The van der Waals surface area contributed by atoms with Crippen molar-refractivity contribution in [2.45, 2.75) is 52.4 Å². The van der Waals surface area contributed by atoms with Gasteiger partial charge in [-0.15, -0.1) is 0 Å². The Morgan fingerprint density at radius 1 is 1.30 bits per heavy atom. The van der Waals surface area contributed by atoms with Gasteiger partial charge in [0.25, 0.3) is 0 Å². The van der Waals surface area contributed by atoms with Gasteiger partial charge in [0.05, 0.1) is 29.8 Å². The van der Waals surface area contributed by atoms with Crippen LogP contribution < -0.4 is 10.2 Å². The van der Waals surface area contributed by atoms with Crippen molar-refractivity contribution in [3.63, 3.8) is 0 Å². The van der Waals surface area contributed by atoms with E-state index in [2.05, 4.69) is 55.0 Å². The third kappa shape index (κ3) is 3.70. The lowest BCUT2D eigenvalue weighted by molar-refractivity contribution is -0.00523. The van der Waals surface area contributed by atoms with Gasteiger partial charge in [-0.2, -0.15) is 0 Å². The Labute approximate surface area is 122 Å². The number of morpholine rings is 1. The lowest BCUT2D eigenvalue weighted by Gasteiger charge is -2.36. The molecule has 20 heavy (non-hydrogen) atoms. The number of pyridine rings is 1. The molecular formula is C16H27N3O. The van der Waals surface area contributed by atoms with Crippen molar-refractivity contribution in [3.8, 4) is 0 Å². The second-order valence-electron chi connectivity index (χ2n) is 5.62. The molecule has 1 aliphatic rings. The largest absolute Gasteiger partial charge is 0.372 e. The van der Waals surface area contributed by atoms with Crippen LogP contribution in [0.2, 0.25) is 0 Å². The van der Waals surface area contributed by atoms with E-state index in [0.717, 1.165) is 31.7 Å². The zero-order valence-corrected chi connectivity index (χ0v) is 13.1. The van der Waals surface area contributed by atoms with Crippen LogP contribution in [0.5, 0.6) is 0 Å². The first kappa shape index (κ1) is 15.3. The zero-order chi connectivity index (χ0) is 14.5. The first-order valence-electron chi connectivity index (χ1n) is 7.73. The molecule has 1 N–H and O–H groups in total. The first-order valence-corrected chi connectivity index (χ1v) is 7.73. The van der Waals surface area contributed by atoms with Crippen molar-refractivity contribution >= 4 is 5.69 Å². The molecule has 0 spiro atoms. The summed E-state index contributed by atoms with van der Waals surface area (Å²) in [5.74, 6) is 0. The van der Waals surface area contributed by atoms with Crippen LogP contribution in [0.1, 0.15) is 45.9 Å². The van der Waals surface area contributed by atoms with E-state index in [9.17, 15) is 0 Å². The normalized spacial score (nSPS) is 24.7. The summed E-state index contributed by atoms with van der Waals surface area (Å²) in [6, 6.07) is 4.70. The smallest absolute Gasteiger partial charge is 0.0726 e. The highest BCUT2D eigenvalue weighted by Crippen LogP contribution is 2.22. The van der Waals surface area contributed by atoms with Crippen LogP contribution in [-0.2, 0) is 4.74 Å². The maximum absolute atomic E-state index is 5.78. The second kappa shape index (κ2) is 7.04. The van der Waals surface area contributed by atoms with Crippen molar-refractivity contribution in [2.24, 2.45) is 0 Å². The molecule has 1 fully saturated rings. The van der Waals surface area contributed by atoms with Crippen molar-refractivity contribution in [1.29, 1.82) is 0 Å². The van der Waals surface area contributed by atoms with Crippen LogP contribution in [0.25, 0.3) is 0 Å². The Morgan fingerprint density at radius 3 is 2.50 bits per heavy atom. The van der Waals surface area contributed by atoms with Crippen molar-refractivity contribution in [3.05, 3.63) is 24.0 Å². The van der Waals surface area contributed by atoms with Gasteiger partial charge in [-0.1, -0.05) is 13.8 Å². The topological polar surface area (TPSA) is 37.4 Å². The molecule has 0 radical (unpaired) electrons. The molecule has 0 bridgehead atoms. The van der Waals surface area contributed by atoms with E-state index in [-0.39, 0.29) is 12.2 Å². The molecule has 2 heterocycles. The monoisotopic (exact) mass is 277 g/mol. The lowest BCUT2D eigenvalue weighted by atomic mass is 10.1. The number of nitrogens with one attached hydrogen (secondary N) is 1. The Morgan fingerprint density at radius 2 is 2.00 bits per heavy atom. The minimum absolute atomic E-state index is 0.281. The molecule has 0 aromatic carbocycles. The van der Waals surface area contributed by atoms with Gasteiger partial charge >= 0.3 is 0 Å². The molecule has 2 rings (SSSR count). The maximum atomic E-state index is 5.78. The van der Waals surface area contributed by atoms with E-state index in [0.29, 0.717) is 6.04 Å². The van der Waals surface area contributed by atoms with Gasteiger partial charge in [0.15, 0.2) is 0 Å². The van der Waals surface area contributed by atoms with Gasteiger partial charge in [0, 0.05) is 19.1 Å². The number of nitrogens with zero attached hydrogens (tertiary/aromatic N) is 2. The van der Waals surface area contributed by atoms with Crippen molar-refractivity contribution < 1.29 is 4.74 Å². The summed E-state index contributed by atoms with van der Waals surface area (Å²) in [6.07, 6.45) is 3.62. The van der Waals surface area contributed by atoms with Gasteiger partial charge in [-0.3, -0.25) is 4.98 Å². The van der Waals surface area contributed by atoms with Gasteiger partial charge < -0.3 is 15.0 Å². The van der Waals surface area contributed by atoms with E-state index < -0.39 is 0 Å². The Bertz CT molecular complexity index is 397. The fraction of sp³-hybridized carbons (Fsp3) is 0.688. The van der Waals surface area contributed by atoms with Gasteiger partial charge in [0.1, 0.15) is 0 Å². The average molecular weight is 277 g/mol. The maximum Gasteiger partial charge on any atom is 0.0726 e. The number of ether oxygens (including phenoxy) is 1. The summed E-state index contributed by atoms with van der Waals surface area (Å²) in [5, 5.41) is 3.47. The molecule has 3 atom stereocenters. The van der Waals surface area contributed by atoms with E-state index in [1.807, 2.05) is 6.20 Å². The zero-order valence-electron chi connectivity index (χ0n) is 13.1. The van der Waals surface area contributed by atoms with Gasteiger partial charge in [0.2, 0.25) is 0 Å². The number of aromatic nitrogens is 1. The van der Waals surface area contributed by atoms with Crippen molar-refractivity contribution in [2.75, 3.05) is 24.5 Å². The van der Waals surface area contributed by atoms with Gasteiger partial charge in [-0.25, -0.2) is 0 Å². The average Bonchev–Trinajstić information content (AvgIpc) is 2.44. The van der Waals surface area contributed by atoms with Crippen LogP contribution in [0, 0.1) is 0 Å². The molecule has 4 heteroatoms. The minimum Gasteiger partial charge on any atom is -0.372 e. The number of rotatable bonds is 5. The fourth-order valence-electron chi connectivity index (χ4n) is 2.88. The number of hydrogen-bond donors (Lipinski definition) is 1. The Kier molecular flexibility index (Phi) is 5.38. The molecule has 1 aromatic rings. The van der Waals surface area contributed by atoms with Gasteiger partial charge in [-0.05, 0) is 38.9 Å². The molecular weight excluding hydrogens is 250 g/mol. The number of hydrogen-bond acceptors (Lipinski definition) is 4. The molecule has 1 saturated heterocycles. The quantitative estimate of drug-likeness (QED) is 0.898. The van der Waals surface area contributed by atoms with Crippen LogP contribution >= 0.6 is 0 Å². The Balaban J connectivity index is 2.07. The summed E-state index contributed by atoms with van der Waals surface area (Å²) in [7, 11) is 0. The standard InChI is InChI=1S/C16H27N3O/c1-5-15(17-6-2)16-8-7-14(9-18-16)19-10-12(3)20-13(4)11-19/h7-9,12-13,15,17H,5-6,10-11H2,1-4H3. The van der Waals surface area contributed by atoms with Crippen LogP contribution in [0.4, 0.5) is 5.69 Å². The molecule has 1 aliphatic heterocycles. The fourth-order valence-corrected chi connectivity index (χ4v) is 2.88. The Hall–Kier alpha value is -1.13. The molecule has 0 amide bonds. The first-order chi connectivity index (χ1) is 9.63. The van der Waals surface area contributed by atoms with E-state index in [1.165, 1.54) is 5.69 Å². The molecule has 1 aromatic heterocycles. The third-order valence-electron chi connectivity index (χ3n) is 3.77. The molecule has 3 unspecified atom stereocenters.